The van der Waals surface area contributed by atoms with Crippen LogP contribution in [0, 0.1) is 6.92 Å². The first kappa shape index (κ1) is 14.3. The fourth-order valence-electron chi connectivity index (χ4n) is 1.53. The topological polar surface area (TPSA) is 92.9 Å². The Morgan fingerprint density at radius 2 is 2.25 bits per heavy atom. The van der Waals surface area contributed by atoms with Gasteiger partial charge in [-0.15, -0.1) is 0 Å². The minimum atomic E-state index is -0.268. The van der Waals surface area contributed by atoms with Crippen LogP contribution in [0.1, 0.15) is 28.7 Å². The number of nitrogens with two attached hydrogens (primary N) is 1. The van der Waals surface area contributed by atoms with Crippen molar-refractivity contribution < 1.29 is 4.79 Å². The molecule has 0 saturated heterocycles. The molecule has 0 aliphatic carbocycles. The van der Waals surface area contributed by atoms with Gasteiger partial charge in [0.1, 0.15) is 10.7 Å². The van der Waals surface area contributed by atoms with Crippen LogP contribution in [-0.2, 0) is 0 Å². The highest BCUT2D eigenvalue weighted by Crippen LogP contribution is 2.25. The summed E-state index contributed by atoms with van der Waals surface area (Å²) in [7, 11) is 0. The van der Waals surface area contributed by atoms with Crippen molar-refractivity contribution >= 4 is 33.9 Å². The van der Waals surface area contributed by atoms with Crippen molar-refractivity contribution in [3.8, 4) is 0 Å². The maximum Gasteiger partial charge on any atom is 0.269 e. The average Bonchev–Trinajstić information content (AvgIpc) is 2.80. The molecular weight excluding hydrogens is 274 g/mol. The van der Waals surface area contributed by atoms with E-state index in [1.165, 1.54) is 11.3 Å². The van der Waals surface area contributed by atoms with Crippen molar-refractivity contribution in [3.05, 3.63) is 28.9 Å². The summed E-state index contributed by atoms with van der Waals surface area (Å²) in [5.41, 5.74) is 7.31. The van der Waals surface area contributed by atoms with Crippen molar-refractivity contribution in [2.24, 2.45) is 0 Å². The quantitative estimate of drug-likeness (QED) is 0.787. The molecule has 2 heterocycles. The first-order chi connectivity index (χ1) is 9.60. The molecule has 4 N–H and O–H groups in total. The summed E-state index contributed by atoms with van der Waals surface area (Å²) in [4.78, 5) is 20.8. The Bertz CT molecular complexity index is 593. The van der Waals surface area contributed by atoms with Crippen LogP contribution >= 0.6 is 11.3 Å². The average molecular weight is 291 g/mol. The molecular formula is C13H17N5OS. The molecule has 106 valence electrons. The number of nitrogens with zero attached hydrogens (tertiary/aromatic N) is 2. The van der Waals surface area contributed by atoms with Gasteiger partial charge in [0.05, 0.1) is 11.9 Å². The Morgan fingerprint density at radius 3 is 2.90 bits per heavy atom. The number of rotatable bonds is 5. The third-order valence-electron chi connectivity index (χ3n) is 2.56. The fourth-order valence-corrected chi connectivity index (χ4v) is 2.34. The van der Waals surface area contributed by atoms with Gasteiger partial charge in [0.25, 0.3) is 5.91 Å². The lowest BCUT2D eigenvalue weighted by atomic mass is 10.3. The zero-order chi connectivity index (χ0) is 14.5. The summed E-state index contributed by atoms with van der Waals surface area (Å²) in [6.07, 6.45) is 2.59. The highest BCUT2D eigenvalue weighted by Gasteiger charge is 2.16. The third kappa shape index (κ3) is 3.45. The molecule has 2 aromatic rings. The number of aryl methyl sites for hydroxylation is 1. The molecule has 7 heteroatoms. The first-order valence-corrected chi connectivity index (χ1v) is 7.16. The number of nitrogen functional groups attached to an aromatic ring is 1. The van der Waals surface area contributed by atoms with Crippen LogP contribution in [0.5, 0.6) is 0 Å². The molecule has 0 unspecified atom stereocenters. The largest absolute Gasteiger partial charge is 0.382 e. The predicted molar refractivity (Wildman–Crippen MR) is 82.2 cm³/mol. The zero-order valence-corrected chi connectivity index (χ0v) is 12.3. The Balaban J connectivity index is 2.08. The lowest BCUT2D eigenvalue weighted by Crippen LogP contribution is -2.12. The molecule has 6 nitrogen and oxygen atoms in total. The Hall–Kier alpha value is -2.15. The van der Waals surface area contributed by atoms with Crippen LogP contribution < -0.4 is 16.4 Å². The van der Waals surface area contributed by atoms with Gasteiger partial charge in [-0.2, -0.15) is 0 Å². The highest BCUT2D eigenvalue weighted by atomic mass is 32.1. The molecule has 0 saturated carbocycles. The van der Waals surface area contributed by atoms with Crippen LogP contribution in [0.4, 0.5) is 16.6 Å². The van der Waals surface area contributed by atoms with Crippen LogP contribution in [0.15, 0.2) is 18.3 Å². The van der Waals surface area contributed by atoms with E-state index >= 15 is 0 Å². The monoisotopic (exact) mass is 291 g/mol. The van der Waals surface area contributed by atoms with Crippen molar-refractivity contribution in [2.45, 2.75) is 20.3 Å². The van der Waals surface area contributed by atoms with Gasteiger partial charge in [0.15, 0.2) is 5.13 Å². The van der Waals surface area contributed by atoms with Crippen LogP contribution in [-0.4, -0.2) is 22.4 Å². The fraction of sp³-hybridized carbons (Fsp3) is 0.308. The Kier molecular flexibility index (Phi) is 4.52. The van der Waals surface area contributed by atoms with E-state index in [0.29, 0.717) is 15.7 Å². The van der Waals surface area contributed by atoms with Crippen LogP contribution in [0.3, 0.4) is 0 Å². The van der Waals surface area contributed by atoms with E-state index in [0.717, 1.165) is 18.7 Å². The van der Waals surface area contributed by atoms with Crippen molar-refractivity contribution in [1.29, 1.82) is 0 Å². The SMILES string of the molecule is CCCNc1nc(N)c(C(=O)Nc2ccc(C)nc2)s1. The third-order valence-corrected chi connectivity index (χ3v) is 3.58. The van der Waals surface area contributed by atoms with E-state index in [1.807, 2.05) is 13.0 Å². The maximum absolute atomic E-state index is 12.1. The zero-order valence-electron chi connectivity index (χ0n) is 11.4. The number of anilines is 3. The molecule has 0 aliphatic rings. The summed E-state index contributed by atoms with van der Waals surface area (Å²) in [5.74, 6) is -0.0265. The summed E-state index contributed by atoms with van der Waals surface area (Å²) in [6.45, 7) is 4.75. The molecule has 0 atom stereocenters. The minimum absolute atomic E-state index is 0.242. The van der Waals surface area contributed by atoms with Gasteiger partial charge >= 0.3 is 0 Å². The van der Waals surface area contributed by atoms with Crippen molar-refractivity contribution in [2.75, 3.05) is 22.9 Å². The van der Waals surface area contributed by atoms with Crippen LogP contribution in [0.2, 0.25) is 0 Å². The molecule has 1 amide bonds. The van der Waals surface area contributed by atoms with Crippen molar-refractivity contribution in [1.82, 2.24) is 9.97 Å². The number of amides is 1. The van der Waals surface area contributed by atoms with E-state index in [-0.39, 0.29) is 11.7 Å². The number of thiazole rings is 1. The molecule has 20 heavy (non-hydrogen) atoms. The van der Waals surface area contributed by atoms with E-state index in [2.05, 4.69) is 27.5 Å². The van der Waals surface area contributed by atoms with Gasteiger partial charge in [0, 0.05) is 12.2 Å². The van der Waals surface area contributed by atoms with Gasteiger partial charge in [-0.25, -0.2) is 4.98 Å². The number of hydrogen-bond acceptors (Lipinski definition) is 6. The van der Waals surface area contributed by atoms with E-state index < -0.39 is 0 Å². The second-order valence-electron chi connectivity index (χ2n) is 4.30. The first-order valence-electron chi connectivity index (χ1n) is 6.34. The molecule has 0 aliphatic heterocycles. The molecule has 0 aromatic carbocycles. The number of pyridine rings is 1. The summed E-state index contributed by atoms with van der Waals surface area (Å²) < 4.78 is 0. The highest BCUT2D eigenvalue weighted by molar-refractivity contribution is 7.18. The Morgan fingerprint density at radius 1 is 1.45 bits per heavy atom. The number of carbonyl (C=O) groups is 1. The second-order valence-corrected chi connectivity index (χ2v) is 5.30. The number of nitrogens with one attached hydrogen (secondary N) is 2. The number of aromatic nitrogens is 2. The standard InChI is InChI=1S/C13H17N5OS/c1-3-6-15-13-18-11(14)10(20-13)12(19)17-9-5-4-8(2)16-7-9/h4-5,7H,3,6,14H2,1-2H3,(H,15,18)(H,17,19). The lowest BCUT2D eigenvalue weighted by molar-refractivity contribution is 0.103. The van der Waals surface area contributed by atoms with Gasteiger partial charge in [0.2, 0.25) is 0 Å². The molecule has 0 fully saturated rings. The molecule has 2 aromatic heterocycles. The normalized spacial score (nSPS) is 10.3. The summed E-state index contributed by atoms with van der Waals surface area (Å²) in [5, 5.41) is 6.54. The maximum atomic E-state index is 12.1. The van der Waals surface area contributed by atoms with Crippen LogP contribution in [0.25, 0.3) is 0 Å². The van der Waals surface area contributed by atoms with E-state index in [1.54, 1.807) is 12.3 Å². The summed E-state index contributed by atoms with van der Waals surface area (Å²) in [6, 6.07) is 3.63. The van der Waals surface area contributed by atoms with E-state index in [9.17, 15) is 4.79 Å². The number of carbonyl (C=O) groups excluding carboxylic acids is 1. The smallest absolute Gasteiger partial charge is 0.269 e. The molecule has 0 spiro atoms. The van der Waals surface area contributed by atoms with Gasteiger partial charge in [-0.05, 0) is 25.5 Å². The molecule has 2 rings (SSSR count). The van der Waals surface area contributed by atoms with Gasteiger partial charge in [-0.3, -0.25) is 9.78 Å². The molecule has 0 bridgehead atoms. The Labute approximate surface area is 121 Å². The van der Waals surface area contributed by atoms with E-state index in [4.69, 9.17) is 5.73 Å². The minimum Gasteiger partial charge on any atom is -0.382 e. The number of hydrogen-bond donors (Lipinski definition) is 3. The van der Waals surface area contributed by atoms with Gasteiger partial charge in [-0.1, -0.05) is 18.3 Å². The predicted octanol–water partition coefficient (Wildman–Crippen LogP) is 2.50. The van der Waals surface area contributed by atoms with Crippen molar-refractivity contribution in [3.63, 3.8) is 0 Å². The lowest BCUT2D eigenvalue weighted by Gasteiger charge is -2.03. The second kappa shape index (κ2) is 6.33. The molecule has 0 radical (unpaired) electrons. The summed E-state index contributed by atoms with van der Waals surface area (Å²) >= 11 is 1.25. The van der Waals surface area contributed by atoms with Gasteiger partial charge < -0.3 is 16.4 Å².